The smallest absolute Gasteiger partial charge is 0.236 e. The van der Waals surface area contributed by atoms with Gasteiger partial charge < -0.3 is 4.90 Å². The van der Waals surface area contributed by atoms with Crippen LogP contribution in [0.5, 0.6) is 0 Å². The summed E-state index contributed by atoms with van der Waals surface area (Å²) in [5.74, 6) is 0.272. The van der Waals surface area contributed by atoms with E-state index in [4.69, 9.17) is 0 Å². The van der Waals surface area contributed by atoms with Crippen LogP contribution in [0.1, 0.15) is 38.5 Å². The predicted molar refractivity (Wildman–Crippen MR) is 52.8 cm³/mol. The van der Waals surface area contributed by atoms with Crippen LogP contribution in [-0.2, 0) is 9.59 Å². The molecule has 0 bridgehead atoms. The Hall–Kier alpha value is -0.860. The van der Waals surface area contributed by atoms with Gasteiger partial charge in [0.1, 0.15) is 11.2 Å². The molecule has 3 nitrogen and oxygen atoms in total. The van der Waals surface area contributed by atoms with Gasteiger partial charge in [0.25, 0.3) is 0 Å². The van der Waals surface area contributed by atoms with Crippen molar-refractivity contribution in [2.24, 2.45) is 5.41 Å². The molecule has 3 heteroatoms. The van der Waals surface area contributed by atoms with E-state index in [0.29, 0.717) is 6.42 Å². The Labute approximate surface area is 84.5 Å². The molecular weight excluding hydrogens is 178 g/mol. The predicted octanol–water partition coefficient (Wildman–Crippen LogP) is 1.37. The average molecular weight is 195 g/mol. The first-order chi connectivity index (χ1) is 6.67. The summed E-state index contributed by atoms with van der Waals surface area (Å²) in [6.45, 7) is 0.755. The standard InChI is InChI=1S/C11H17NO2/c1-12-8-7-11(10(12)14)6-4-2-3-5-9(11)13/h2-8H2,1H3. The van der Waals surface area contributed by atoms with Crippen molar-refractivity contribution >= 4 is 11.7 Å². The zero-order valence-corrected chi connectivity index (χ0v) is 8.71. The fourth-order valence-electron chi connectivity index (χ4n) is 2.69. The van der Waals surface area contributed by atoms with E-state index in [-0.39, 0.29) is 11.7 Å². The zero-order chi connectivity index (χ0) is 10.2. The van der Waals surface area contributed by atoms with Crippen molar-refractivity contribution in [2.75, 3.05) is 13.6 Å². The Morgan fingerprint density at radius 1 is 1.14 bits per heavy atom. The molecule has 0 radical (unpaired) electrons. The molecule has 78 valence electrons. The number of rotatable bonds is 0. The highest BCUT2D eigenvalue weighted by Crippen LogP contribution is 2.40. The third-order valence-electron chi connectivity index (χ3n) is 3.67. The van der Waals surface area contributed by atoms with Gasteiger partial charge in [-0.1, -0.05) is 12.8 Å². The molecule has 1 amide bonds. The molecule has 1 aliphatic heterocycles. The second-order valence-corrected chi connectivity index (χ2v) is 4.54. The van der Waals surface area contributed by atoms with E-state index in [0.717, 1.165) is 38.6 Å². The van der Waals surface area contributed by atoms with Gasteiger partial charge in [0.05, 0.1) is 0 Å². The fraction of sp³-hybridized carbons (Fsp3) is 0.818. The Bertz CT molecular complexity index is 274. The Morgan fingerprint density at radius 3 is 2.57 bits per heavy atom. The molecule has 0 N–H and O–H groups in total. The highest BCUT2D eigenvalue weighted by atomic mass is 16.2. The second kappa shape index (κ2) is 3.37. The van der Waals surface area contributed by atoms with Crippen LogP contribution >= 0.6 is 0 Å². The number of amides is 1. The Kier molecular flexibility index (Phi) is 2.33. The summed E-state index contributed by atoms with van der Waals surface area (Å²) in [6, 6.07) is 0. The first-order valence-electron chi connectivity index (χ1n) is 5.46. The van der Waals surface area contributed by atoms with Gasteiger partial charge >= 0.3 is 0 Å². The highest BCUT2D eigenvalue weighted by Gasteiger charge is 2.50. The summed E-state index contributed by atoms with van der Waals surface area (Å²) < 4.78 is 0. The summed E-state index contributed by atoms with van der Waals surface area (Å²) >= 11 is 0. The summed E-state index contributed by atoms with van der Waals surface area (Å²) in [5.41, 5.74) is -0.606. The minimum absolute atomic E-state index is 0.0735. The molecule has 2 fully saturated rings. The van der Waals surface area contributed by atoms with Crippen LogP contribution in [0.2, 0.25) is 0 Å². The molecule has 2 rings (SSSR count). The number of ketones is 1. The molecule has 1 heterocycles. The molecule has 0 aromatic heterocycles. The summed E-state index contributed by atoms with van der Waals surface area (Å²) in [4.78, 5) is 25.6. The number of likely N-dealkylation sites (tertiary alicyclic amines) is 1. The Morgan fingerprint density at radius 2 is 1.93 bits per heavy atom. The van der Waals surface area contributed by atoms with Crippen molar-refractivity contribution in [1.29, 1.82) is 0 Å². The van der Waals surface area contributed by atoms with Gasteiger partial charge in [0, 0.05) is 20.0 Å². The van der Waals surface area contributed by atoms with Gasteiger partial charge in [-0.3, -0.25) is 9.59 Å². The van der Waals surface area contributed by atoms with Crippen LogP contribution < -0.4 is 0 Å². The first-order valence-corrected chi connectivity index (χ1v) is 5.46. The van der Waals surface area contributed by atoms with Crippen molar-refractivity contribution in [3.8, 4) is 0 Å². The average Bonchev–Trinajstić information content (AvgIpc) is 2.38. The molecule has 1 spiro atoms. The van der Waals surface area contributed by atoms with E-state index in [1.165, 1.54) is 0 Å². The number of carbonyl (C=O) groups is 2. The monoisotopic (exact) mass is 195 g/mol. The molecular formula is C11H17NO2. The SMILES string of the molecule is CN1CCC2(CCCCCC2=O)C1=O. The van der Waals surface area contributed by atoms with Crippen LogP contribution in [0.25, 0.3) is 0 Å². The molecule has 1 saturated carbocycles. The molecule has 1 saturated heterocycles. The second-order valence-electron chi connectivity index (χ2n) is 4.54. The van der Waals surface area contributed by atoms with E-state index < -0.39 is 5.41 Å². The topological polar surface area (TPSA) is 37.4 Å². The van der Waals surface area contributed by atoms with Crippen LogP contribution in [-0.4, -0.2) is 30.2 Å². The van der Waals surface area contributed by atoms with Gasteiger partial charge in [-0.15, -0.1) is 0 Å². The summed E-state index contributed by atoms with van der Waals surface area (Å²) in [7, 11) is 1.80. The van der Waals surface area contributed by atoms with Crippen LogP contribution in [0.15, 0.2) is 0 Å². The minimum Gasteiger partial charge on any atom is -0.345 e. The molecule has 1 aliphatic carbocycles. The van der Waals surface area contributed by atoms with Crippen molar-refractivity contribution in [2.45, 2.75) is 38.5 Å². The van der Waals surface area contributed by atoms with Gasteiger partial charge in [0.2, 0.25) is 5.91 Å². The van der Waals surface area contributed by atoms with E-state index in [1.807, 2.05) is 0 Å². The minimum atomic E-state index is -0.606. The lowest BCUT2D eigenvalue weighted by Gasteiger charge is -2.23. The van der Waals surface area contributed by atoms with Gasteiger partial charge in [-0.2, -0.15) is 0 Å². The molecule has 1 unspecified atom stereocenters. The van der Waals surface area contributed by atoms with E-state index in [1.54, 1.807) is 11.9 Å². The molecule has 0 aromatic carbocycles. The van der Waals surface area contributed by atoms with Crippen molar-refractivity contribution in [3.05, 3.63) is 0 Å². The first kappa shape index (κ1) is 9.69. The maximum atomic E-state index is 12.0. The lowest BCUT2D eigenvalue weighted by atomic mass is 9.78. The molecule has 2 aliphatic rings. The van der Waals surface area contributed by atoms with Gasteiger partial charge in [-0.05, 0) is 19.3 Å². The van der Waals surface area contributed by atoms with Crippen LogP contribution in [0, 0.1) is 5.41 Å². The van der Waals surface area contributed by atoms with Gasteiger partial charge in [-0.25, -0.2) is 0 Å². The number of Topliss-reactive ketones (excluding diaryl/α,β-unsaturated/α-hetero) is 1. The van der Waals surface area contributed by atoms with E-state index in [2.05, 4.69) is 0 Å². The molecule has 0 aromatic rings. The fourth-order valence-corrected chi connectivity index (χ4v) is 2.69. The number of nitrogens with zero attached hydrogens (tertiary/aromatic N) is 1. The van der Waals surface area contributed by atoms with E-state index >= 15 is 0 Å². The summed E-state index contributed by atoms with van der Waals surface area (Å²) in [5, 5.41) is 0. The maximum absolute atomic E-state index is 12.0. The number of hydrogen-bond acceptors (Lipinski definition) is 2. The Balaban J connectivity index is 2.27. The number of hydrogen-bond donors (Lipinski definition) is 0. The zero-order valence-electron chi connectivity index (χ0n) is 8.71. The highest BCUT2D eigenvalue weighted by molar-refractivity contribution is 6.07. The van der Waals surface area contributed by atoms with Crippen LogP contribution in [0.3, 0.4) is 0 Å². The molecule has 1 atom stereocenters. The van der Waals surface area contributed by atoms with Gasteiger partial charge in [0.15, 0.2) is 0 Å². The number of carbonyl (C=O) groups excluding carboxylic acids is 2. The van der Waals surface area contributed by atoms with Crippen molar-refractivity contribution in [1.82, 2.24) is 4.90 Å². The largest absolute Gasteiger partial charge is 0.345 e. The maximum Gasteiger partial charge on any atom is 0.236 e. The van der Waals surface area contributed by atoms with Crippen molar-refractivity contribution in [3.63, 3.8) is 0 Å². The van der Waals surface area contributed by atoms with Crippen LogP contribution in [0.4, 0.5) is 0 Å². The third-order valence-corrected chi connectivity index (χ3v) is 3.67. The normalized spacial score (nSPS) is 33.9. The lowest BCUT2D eigenvalue weighted by Crippen LogP contribution is -2.38. The lowest BCUT2D eigenvalue weighted by molar-refractivity contribution is -0.143. The quantitative estimate of drug-likeness (QED) is 0.547. The van der Waals surface area contributed by atoms with Crippen molar-refractivity contribution < 1.29 is 9.59 Å². The summed E-state index contributed by atoms with van der Waals surface area (Å²) in [6.07, 6.45) is 5.25. The van der Waals surface area contributed by atoms with E-state index in [9.17, 15) is 9.59 Å². The molecule has 14 heavy (non-hydrogen) atoms. The third kappa shape index (κ3) is 1.26.